The molecule has 0 unspecified atom stereocenters. The molecule has 0 bridgehead atoms. The molecule has 2 amide bonds. The van der Waals surface area contributed by atoms with Gasteiger partial charge in [0.25, 0.3) is 5.91 Å². The van der Waals surface area contributed by atoms with Crippen LogP contribution >= 0.6 is 27.3 Å². The van der Waals surface area contributed by atoms with E-state index in [4.69, 9.17) is 4.74 Å². The van der Waals surface area contributed by atoms with Gasteiger partial charge in [0.2, 0.25) is 0 Å². The summed E-state index contributed by atoms with van der Waals surface area (Å²) < 4.78 is 6.11. The standard InChI is InChI=1S/C19H24BrN5O3S/c1-12-9-15(13(10-21-12)22-16(26)14-11-29-17(20)23-14)24-5-7-25(8-6-24)18(27)28-19(2,3)4/h9-11H,5-8H2,1-4H3,(H,22,26). The topological polar surface area (TPSA) is 87.7 Å². The van der Waals surface area contributed by atoms with E-state index in [0.717, 1.165) is 11.4 Å². The molecule has 1 N–H and O–H groups in total. The Bertz CT molecular complexity index is 903. The predicted molar refractivity (Wildman–Crippen MR) is 117 cm³/mol. The number of aryl methyl sites for hydroxylation is 1. The molecule has 0 radical (unpaired) electrons. The zero-order valence-corrected chi connectivity index (χ0v) is 19.3. The lowest BCUT2D eigenvalue weighted by atomic mass is 10.2. The Kier molecular flexibility index (Phi) is 6.42. The van der Waals surface area contributed by atoms with E-state index in [1.54, 1.807) is 16.5 Å². The largest absolute Gasteiger partial charge is 0.444 e. The van der Waals surface area contributed by atoms with Gasteiger partial charge in [0.1, 0.15) is 11.3 Å². The van der Waals surface area contributed by atoms with E-state index >= 15 is 0 Å². The summed E-state index contributed by atoms with van der Waals surface area (Å²) in [5.41, 5.74) is 2.19. The number of hydrogen-bond acceptors (Lipinski definition) is 7. The summed E-state index contributed by atoms with van der Waals surface area (Å²) in [5, 5.41) is 4.60. The molecule has 1 saturated heterocycles. The van der Waals surface area contributed by atoms with Crippen LogP contribution in [0, 0.1) is 6.92 Å². The maximum Gasteiger partial charge on any atom is 0.410 e. The number of rotatable bonds is 3. The molecule has 156 valence electrons. The molecule has 2 aromatic heterocycles. The van der Waals surface area contributed by atoms with Crippen molar-refractivity contribution in [2.24, 2.45) is 0 Å². The minimum atomic E-state index is -0.515. The number of hydrogen-bond donors (Lipinski definition) is 1. The van der Waals surface area contributed by atoms with Crippen LogP contribution in [0.15, 0.2) is 21.6 Å². The molecule has 3 rings (SSSR count). The molecule has 10 heteroatoms. The van der Waals surface area contributed by atoms with Gasteiger partial charge in [-0.1, -0.05) is 0 Å². The van der Waals surface area contributed by atoms with Crippen LogP contribution in [0.1, 0.15) is 37.0 Å². The smallest absolute Gasteiger partial charge is 0.410 e. The summed E-state index contributed by atoms with van der Waals surface area (Å²) in [6.07, 6.45) is 1.36. The molecule has 0 spiro atoms. The van der Waals surface area contributed by atoms with E-state index in [2.05, 4.69) is 36.1 Å². The third kappa shape index (κ3) is 5.66. The summed E-state index contributed by atoms with van der Waals surface area (Å²) in [4.78, 5) is 37.1. The third-order valence-corrected chi connectivity index (χ3v) is 5.61. The molecule has 2 aromatic rings. The number of nitrogens with zero attached hydrogens (tertiary/aromatic N) is 4. The molecule has 0 saturated carbocycles. The maximum atomic E-state index is 12.5. The van der Waals surface area contributed by atoms with Crippen molar-refractivity contribution in [3.8, 4) is 0 Å². The summed E-state index contributed by atoms with van der Waals surface area (Å²) in [6, 6.07) is 1.94. The molecular weight excluding hydrogens is 458 g/mol. The number of thiazole rings is 1. The Labute approximate surface area is 182 Å². The lowest BCUT2D eigenvalue weighted by molar-refractivity contribution is 0.0240. The van der Waals surface area contributed by atoms with Crippen LogP contribution in [0.3, 0.4) is 0 Å². The first-order valence-corrected chi connectivity index (χ1v) is 10.9. The Morgan fingerprint density at radius 3 is 2.52 bits per heavy atom. The number of ether oxygens (including phenoxy) is 1. The minimum Gasteiger partial charge on any atom is -0.444 e. The van der Waals surface area contributed by atoms with E-state index in [-0.39, 0.29) is 12.0 Å². The van der Waals surface area contributed by atoms with E-state index in [1.807, 2.05) is 33.8 Å². The van der Waals surface area contributed by atoms with E-state index in [1.165, 1.54) is 11.3 Å². The number of anilines is 2. The second-order valence-corrected chi connectivity index (χ2v) is 9.87. The molecule has 29 heavy (non-hydrogen) atoms. The highest BCUT2D eigenvalue weighted by atomic mass is 79.9. The van der Waals surface area contributed by atoms with E-state index in [9.17, 15) is 9.59 Å². The maximum absolute atomic E-state index is 12.5. The normalized spacial score (nSPS) is 14.7. The molecule has 0 aliphatic carbocycles. The Hall–Kier alpha value is -2.20. The molecule has 8 nitrogen and oxygen atoms in total. The summed E-state index contributed by atoms with van der Waals surface area (Å²) in [7, 11) is 0. The van der Waals surface area contributed by atoms with E-state index < -0.39 is 5.60 Å². The van der Waals surface area contributed by atoms with Crippen LogP contribution in [0.25, 0.3) is 0 Å². The number of aromatic nitrogens is 2. The zero-order chi connectivity index (χ0) is 21.2. The quantitative estimate of drug-likeness (QED) is 0.714. The van der Waals surface area contributed by atoms with Gasteiger partial charge in [-0.05, 0) is 49.7 Å². The number of halogens is 1. The Morgan fingerprint density at radius 1 is 1.24 bits per heavy atom. The SMILES string of the molecule is Cc1cc(N2CCN(C(=O)OC(C)(C)C)CC2)c(NC(=O)c2csc(Br)n2)cn1. The van der Waals surface area contributed by atoms with Crippen LogP contribution in [0.5, 0.6) is 0 Å². The number of amides is 2. The molecular formula is C19H24BrN5O3S. The number of carbonyl (C=O) groups is 2. The van der Waals surface area contributed by atoms with Gasteiger partial charge in [-0.3, -0.25) is 9.78 Å². The molecule has 0 atom stereocenters. The summed E-state index contributed by atoms with van der Waals surface area (Å²) >= 11 is 4.63. The fourth-order valence-electron chi connectivity index (χ4n) is 2.90. The first kappa shape index (κ1) is 21.5. The lowest BCUT2D eigenvalue weighted by Gasteiger charge is -2.37. The van der Waals surface area contributed by atoms with Gasteiger partial charge in [-0.25, -0.2) is 9.78 Å². The highest BCUT2D eigenvalue weighted by molar-refractivity contribution is 9.11. The van der Waals surface area contributed by atoms with Crippen molar-refractivity contribution < 1.29 is 14.3 Å². The number of pyridine rings is 1. The van der Waals surface area contributed by atoms with Gasteiger partial charge < -0.3 is 19.9 Å². The molecule has 1 fully saturated rings. The second-order valence-electron chi connectivity index (χ2n) is 7.74. The van der Waals surface area contributed by atoms with Crippen molar-refractivity contribution in [2.45, 2.75) is 33.3 Å². The fourth-order valence-corrected chi connectivity index (χ4v) is 3.89. The van der Waals surface area contributed by atoms with Crippen molar-refractivity contribution in [3.63, 3.8) is 0 Å². The Balaban J connectivity index is 1.70. The Morgan fingerprint density at radius 2 is 1.93 bits per heavy atom. The van der Waals surface area contributed by atoms with Gasteiger partial charge >= 0.3 is 6.09 Å². The minimum absolute atomic E-state index is 0.286. The summed E-state index contributed by atoms with van der Waals surface area (Å²) in [6.45, 7) is 9.83. The highest BCUT2D eigenvalue weighted by Crippen LogP contribution is 2.28. The molecule has 0 aromatic carbocycles. The second kappa shape index (κ2) is 8.66. The van der Waals surface area contributed by atoms with Crippen molar-refractivity contribution >= 4 is 50.6 Å². The number of carbonyl (C=O) groups excluding carboxylic acids is 2. The zero-order valence-electron chi connectivity index (χ0n) is 16.9. The third-order valence-electron chi connectivity index (χ3n) is 4.25. The van der Waals surface area contributed by atoms with Crippen LogP contribution in [-0.4, -0.2) is 58.6 Å². The predicted octanol–water partition coefficient (Wildman–Crippen LogP) is 3.92. The molecule has 1 aliphatic rings. The van der Waals surface area contributed by atoms with Crippen molar-refractivity contribution in [2.75, 3.05) is 36.4 Å². The van der Waals surface area contributed by atoms with Gasteiger partial charge in [-0.2, -0.15) is 0 Å². The van der Waals surface area contributed by atoms with Crippen molar-refractivity contribution in [1.82, 2.24) is 14.9 Å². The van der Waals surface area contributed by atoms with Gasteiger partial charge in [0, 0.05) is 37.3 Å². The molecule has 1 aliphatic heterocycles. The van der Waals surface area contributed by atoms with Crippen LogP contribution in [0.4, 0.5) is 16.2 Å². The van der Waals surface area contributed by atoms with Crippen molar-refractivity contribution in [1.29, 1.82) is 0 Å². The first-order chi connectivity index (χ1) is 13.6. The van der Waals surface area contributed by atoms with Gasteiger partial charge in [0.05, 0.1) is 17.6 Å². The van der Waals surface area contributed by atoms with Gasteiger partial charge in [0.15, 0.2) is 3.92 Å². The fraction of sp³-hybridized carbons (Fsp3) is 0.474. The molecule has 3 heterocycles. The lowest BCUT2D eigenvalue weighted by Crippen LogP contribution is -2.50. The van der Waals surface area contributed by atoms with E-state index in [0.29, 0.717) is 41.5 Å². The highest BCUT2D eigenvalue weighted by Gasteiger charge is 2.27. The average molecular weight is 482 g/mol. The van der Waals surface area contributed by atoms with Gasteiger partial charge in [-0.15, -0.1) is 11.3 Å². The van der Waals surface area contributed by atoms with Crippen LogP contribution < -0.4 is 10.2 Å². The van der Waals surface area contributed by atoms with Crippen LogP contribution in [0.2, 0.25) is 0 Å². The first-order valence-electron chi connectivity index (χ1n) is 9.24. The number of nitrogens with one attached hydrogen (secondary N) is 1. The average Bonchev–Trinajstić information content (AvgIpc) is 3.08. The number of piperazine rings is 1. The summed E-state index contributed by atoms with van der Waals surface area (Å²) in [5.74, 6) is -0.286. The monoisotopic (exact) mass is 481 g/mol. The van der Waals surface area contributed by atoms with Crippen molar-refractivity contribution in [3.05, 3.63) is 32.9 Å². The van der Waals surface area contributed by atoms with Crippen LogP contribution in [-0.2, 0) is 4.74 Å².